The summed E-state index contributed by atoms with van der Waals surface area (Å²) in [6, 6.07) is 5.99. The fourth-order valence-electron chi connectivity index (χ4n) is 1.75. The molecule has 1 amide bonds. The zero-order valence-corrected chi connectivity index (χ0v) is 10.8. The van der Waals surface area contributed by atoms with Gasteiger partial charge in [-0.3, -0.25) is 20.3 Å². The van der Waals surface area contributed by atoms with Gasteiger partial charge in [0.05, 0.1) is 18.1 Å². The van der Waals surface area contributed by atoms with E-state index >= 15 is 0 Å². The SMILES string of the molecule is O=C(/C=C/c1ccc([N+](=O)[O-])cc1)NN1CCOCC1. The first kappa shape index (κ1) is 14.2. The predicted molar refractivity (Wildman–Crippen MR) is 72.7 cm³/mol. The summed E-state index contributed by atoms with van der Waals surface area (Å²) in [6.45, 7) is 2.53. The van der Waals surface area contributed by atoms with Crippen molar-refractivity contribution in [3.8, 4) is 0 Å². The standard InChI is InChI=1S/C13H15N3O4/c17-13(14-15-7-9-20-10-8-15)6-3-11-1-4-12(5-2-11)16(18)19/h1-6H,7-10H2,(H,14,17)/b6-3+. The van der Waals surface area contributed by atoms with E-state index in [1.165, 1.54) is 18.2 Å². The van der Waals surface area contributed by atoms with Gasteiger partial charge < -0.3 is 4.74 Å². The first-order valence-corrected chi connectivity index (χ1v) is 6.21. The van der Waals surface area contributed by atoms with Gasteiger partial charge in [-0.25, -0.2) is 5.01 Å². The van der Waals surface area contributed by atoms with Gasteiger partial charge in [0.25, 0.3) is 11.6 Å². The Balaban J connectivity index is 1.87. The van der Waals surface area contributed by atoms with Gasteiger partial charge in [-0.1, -0.05) is 0 Å². The lowest BCUT2D eigenvalue weighted by molar-refractivity contribution is -0.384. The molecular weight excluding hydrogens is 262 g/mol. The Hall–Kier alpha value is -2.25. The Morgan fingerprint density at radius 2 is 1.95 bits per heavy atom. The molecule has 0 saturated carbocycles. The molecule has 106 valence electrons. The number of hydrogen-bond donors (Lipinski definition) is 1. The second-order valence-corrected chi connectivity index (χ2v) is 4.26. The van der Waals surface area contributed by atoms with Crippen molar-refractivity contribution in [1.82, 2.24) is 10.4 Å². The van der Waals surface area contributed by atoms with Crippen LogP contribution in [-0.2, 0) is 9.53 Å². The van der Waals surface area contributed by atoms with E-state index in [2.05, 4.69) is 5.43 Å². The Morgan fingerprint density at radius 3 is 2.55 bits per heavy atom. The van der Waals surface area contributed by atoms with Crippen LogP contribution in [0, 0.1) is 10.1 Å². The number of hydrogen-bond acceptors (Lipinski definition) is 5. The van der Waals surface area contributed by atoms with Crippen LogP contribution >= 0.6 is 0 Å². The van der Waals surface area contributed by atoms with Crippen LogP contribution in [0.15, 0.2) is 30.3 Å². The normalized spacial score (nSPS) is 16.2. The van der Waals surface area contributed by atoms with Gasteiger partial charge in [0.2, 0.25) is 0 Å². The topological polar surface area (TPSA) is 84.7 Å². The summed E-state index contributed by atoms with van der Waals surface area (Å²) in [7, 11) is 0. The van der Waals surface area contributed by atoms with Crippen molar-refractivity contribution in [2.24, 2.45) is 0 Å². The number of nitro groups is 1. The van der Waals surface area contributed by atoms with Gasteiger partial charge in [0.15, 0.2) is 0 Å². The van der Waals surface area contributed by atoms with Crippen LogP contribution in [0.4, 0.5) is 5.69 Å². The highest BCUT2D eigenvalue weighted by Gasteiger charge is 2.11. The number of benzene rings is 1. The molecule has 1 aromatic carbocycles. The van der Waals surface area contributed by atoms with Crippen molar-refractivity contribution < 1.29 is 14.5 Å². The maximum atomic E-state index is 11.7. The minimum atomic E-state index is -0.460. The van der Waals surface area contributed by atoms with Gasteiger partial charge >= 0.3 is 0 Å². The summed E-state index contributed by atoms with van der Waals surface area (Å²) in [5.41, 5.74) is 3.50. The number of nitrogens with zero attached hydrogens (tertiary/aromatic N) is 2. The molecule has 7 heteroatoms. The molecule has 0 radical (unpaired) electrons. The maximum Gasteiger partial charge on any atom is 0.269 e. The minimum absolute atomic E-state index is 0.0277. The van der Waals surface area contributed by atoms with Gasteiger partial charge in [-0.05, 0) is 23.8 Å². The molecule has 1 N–H and O–H groups in total. The van der Waals surface area contributed by atoms with Crippen molar-refractivity contribution in [3.63, 3.8) is 0 Å². The highest BCUT2D eigenvalue weighted by atomic mass is 16.6. The number of carbonyl (C=O) groups excluding carboxylic acids is 1. The third-order valence-electron chi connectivity index (χ3n) is 2.81. The summed E-state index contributed by atoms with van der Waals surface area (Å²) in [5.74, 6) is -0.231. The number of non-ortho nitro benzene ring substituents is 1. The quantitative estimate of drug-likeness (QED) is 0.503. The molecule has 20 heavy (non-hydrogen) atoms. The molecule has 1 fully saturated rings. The molecule has 0 aliphatic carbocycles. The number of rotatable bonds is 4. The Bertz CT molecular complexity index is 507. The lowest BCUT2D eigenvalue weighted by Crippen LogP contribution is -2.47. The summed E-state index contributed by atoms with van der Waals surface area (Å²) in [4.78, 5) is 21.7. The average molecular weight is 277 g/mol. The van der Waals surface area contributed by atoms with E-state index in [0.29, 0.717) is 26.3 Å². The first-order chi connectivity index (χ1) is 9.65. The van der Waals surface area contributed by atoms with Gasteiger partial charge in [-0.15, -0.1) is 0 Å². The molecule has 1 aliphatic rings. The summed E-state index contributed by atoms with van der Waals surface area (Å²) in [5, 5.41) is 12.3. The van der Waals surface area contributed by atoms with Crippen LogP contribution in [0.3, 0.4) is 0 Å². The van der Waals surface area contributed by atoms with E-state index in [1.54, 1.807) is 23.2 Å². The Kier molecular flexibility index (Phi) is 4.80. The van der Waals surface area contributed by atoms with Crippen molar-refractivity contribution >= 4 is 17.7 Å². The monoisotopic (exact) mass is 277 g/mol. The van der Waals surface area contributed by atoms with E-state index in [9.17, 15) is 14.9 Å². The lowest BCUT2D eigenvalue weighted by atomic mass is 10.2. The highest BCUT2D eigenvalue weighted by Crippen LogP contribution is 2.12. The number of nitro benzene ring substituents is 1. The molecule has 1 heterocycles. The summed E-state index contributed by atoms with van der Waals surface area (Å²) in [6.07, 6.45) is 3.01. The van der Waals surface area contributed by atoms with E-state index < -0.39 is 4.92 Å². The van der Waals surface area contributed by atoms with E-state index in [0.717, 1.165) is 5.56 Å². The van der Waals surface area contributed by atoms with Crippen LogP contribution in [0.1, 0.15) is 5.56 Å². The number of amides is 1. The Morgan fingerprint density at radius 1 is 1.30 bits per heavy atom. The second-order valence-electron chi connectivity index (χ2n) is 4.26. The van der Waals surface area contributed by atoms with E-state index in [4.69, 9.17) is 4.74 Å². The molecule has 0 atom stereocenters. The molecule has 2 rings (SSSR count). The molecule has 0 unspecified atom stereocenters. The van der Waals surface area contributed by atoms with Crippen molar-refractivity contribution in [3.05, 3.63) is 46.0 Å². The van der Waals surface area contributed by atoms with Crippen LogP contribution in [0.25, 0.3) is 6.08 Å². The van der Waals surface area contributed by atoms with E-state index in [-0.39, 0.29) is 11.6 Å². The van der Waals surface area contributed by atoms with Gasteiger partial charge in [0, 0.05) is 31.3 Å². The second kappa shape index (κ2) is 6.78. The van der Waals surface area contributed by atoms with E-state index in [1.807, 2.05) is 0 Å². The molecule has 1 saturated heterocycles. The minimum Gasteiger partial charge on any atom is -0.379 e. The molecule has 0 aromatic heterocycles. The third kappa shape index (κ3) is 4.15. The van der Waals surface area contributed by atoms with Crippen LogP contribution in [-0.4, -0.2) is 42.1 Å². The van der Waals surface area contributed by atoms with Crippen LogP contribution in [0.5, 0.6) is 0 Å². The van der Waals surface area contributed by atoms with Crippen LogP contribution < -0.4 is 5.43 Å². The largest absolute Gasteiger partial charge is 0.379 e. The zero-order chi connectivity index (χ0) is 14.4. The van der Waals surface area contributed by atoms with Crippen molar-refractivity contribution in [2.45, 2.75) is 0 Å². The number of hydrazine groups is 1. The Labute approximate surface area is 115 Å². The van der Waals surface area contributed by atoms with Crippen LogP contribution in [0.2, 0.25) is 0 Å². The number of nitrogens with one attached hydrogen (secondary N) is 1. The molecule has 1 aliphatic heterocycles. The predicted octanol–water partition coefficient (Wildman–Crippen LogP) is 0.971. The fraction of sp³-hybridized carbons (Fsp3) is 0.308. The highest BCUT2D eigenvalue weighted by molar-refractivity contribution is 5.91. The molecule has 7 nitrogen and oxygen atoms in total. The molecule has 0 bridgehead atoms. The smallest absolute Gasteiger partial charge is 0.269 e. The molecule has 1 aromatic rings. The van der Waals surface area contributed by atoms with Gasteiger partial charge in [0.1, 0.15) is 0 Å². The first-order valence-electron chi connectivity index (χ1n) is 6.21. The van der Waals surface area contributed by atoms with Gasteiger partial charge in [-0.2, -0.15) is 0 Å². The number of carbonyl (C=O) groups is 1. The zero-order valence-electron chi connectivity index (χ0n) is 10.8. The third-order valence-corrected chi connectivity index (χ3v) is 2.81. The molecule has 0 spiro atoms. The fourth-order valence-corrected chi connectivity index (χ4v) is 1.75. The van der Waals surface area contributed by atoms with Crippen molar-refractivity contribution in [1.29, 1.82) is 0 Å². The summed E-state index contributed by atoms with van der Waals surface area (Å²) >= 11 is 0. The lowest BCUT2D eigenvalue weighted by Gasteiger charge is -2.26. The maximum absolute atomic E-state index is 11.7. The van der Waals surface area contributed by atoms with Crippen molar-refractivity contribution in [2.75, 3.05) is 26.3 Å². The average Bonchev–Trinajstić information content (AvgIpc) is 2.46. The summed E-state index contributed by atoms with van der Waals surface area (Å²) < 4.78 is 5.18. The number of morpholine rings is 1. The number of ether oxygens (including phenoxy) is 1. The molecular formula is C13H15N3O4.